The first-order valence-corrected chi connectivity index (χ1v) is 5.71. The Hall–Kier alpha value is -1.97. The molecule has 3 N–H and O–H groups in total. The molecule has 17 heavy (non-hydrogen) atoms. The van der Waals surface area contributed by atoms with E-state index in [1.807, 2.05) is 6.92 Å². The van der Waals surface area contributed by atoms with E-state index in [2.05, 4.69) is 4.98 Å². The molecular weight excluding hydrogens is 216 g/mol. The highest BCUT2D eigenvalue weighted by molar-refractivity contribution is 5.69. The van der Waals surface area contributed by atoms with Crippen LogP contribution in [-0.2, 0) is 0 Å². The lowest BCUT2D eigenvalue weighted by Crippen LogP contribution is -1.88. The Morgan fingerprint density at radius 2 is 2.18 bits per heavy atom. The summed E-state index contributed by atoms with van der Waals surface area (Å²) >= 11 is 0. The van der Waals surface area contributed by atoms with Crippen molar-refractivity contribution in [2.75, 3.05) is 5.73 Å². The number of nitrogens with two attached hydrogens (primary N) is 1. The Morgan fingerprint density at radius 3 is 2.82 bits per heavy atom. The Balaban J connectivity index is 2.04. The molecule has 0 radical (unpaired) electrons. The Bertz CT molecular complexity index is 571. The molecule has 0 unspecified atom stereocenters. The van der Waals surface area contributed by atoms with Gasteiger partial charge < -0.3 is 15.3 Å². The summed E-state index contributed by atoms with van der Waals surface area (Å²) in [5.41, 5.74) is 7.74. The summed E-state index contributed by atoms with van der Waals surface area (Å²) in [6, 6.07) is 5.10. The van der Waals surface area contributed by atoms with Crippen LogP contribution in [0.15, 0.2) is 22.6 Å². The number of aromatic nitrogens is 1. The highest BCUT2D eigenvalue weighted by atomic mass is 16.4. The zero-order valence-corrected chi connectivity index (χ0v) is 9.60. The van der Waals surface area contributed by atoms with Crippen molar-refractivity contribution >= 4 is 5.69 Å². The number of anilines is 1. The Morgan fingerprint density at radius 1 is 1.41 bits per heavy atom. The molecular formula is C13H14N2O2. The van der Waals surface area contributed by atoms with Crippen molar-refractivity contribution in [3.05, 3.63) is 29.9 Å². The van der Waals surface area contributed by atoms with E-state index in [9.17, 15) is 5.11 Å². The van der Waals surface area contributed by atoms with Gasteiger partial charge in [0.1, 0.15) is 17.2 Å². The largest absolute Gasteiger partial charge is 0.506 e. The van der Waals surface area contributed by atoms with Gasteiger partial charge in [-0.25, -0.2) is 4.98 Å². The number of phenols is 1. The van der Waals surface area contributed by atoms with E-state index < -0.39 is 0 Å². The summed E-state index contributed by atoms with van der Waals surface area (Å²) in [5.74, 6) is 2.22. The number of oxazole rings is 1. The van der Waals surface area contributed by atoms with Crippen molar-refractivity contribution in [2.45, 2.75) is 25.7 Å². The van der Waals surface area contributed by atoms with Gasteiger partial charge in [0.25, 0.3) is 0 Å². The van der Waals surface area contributed by atoms with Crippen LogP contribution in [0.25, 0.3) is 11.3 Å². The van der Waals surface area contributed by atoms with Crippen molar-refractivity contribution < 1.29 is 9.52 Å². The summed E-state index contributed by atoms with van der Waals surface area (Å²) < 4.78 is 5.65. The first kappa shape index (κ1) is 10.2. The van der Waals surface area contributed by atoms with Gasteiger partial charge in [-0.15, -0.1) is 0 Å². The zero-order chi connectivity index (χ0) is 12.0. The predicted octanol–water partition coefficient (Wildman–Crippen LogP) is 2.82. The highest BCUT2D eigenvalue weighted by Gasteiger charge is 2.29. The number of rotatable bonds is 2. The van der Waals surface area contributed by atoms with Crippen LogP contribution in [0.1, 0.15) is 30.4 Å². The topological polar surface area (TPSA) is 72.3 Å². The average Bonchev–Trinajstić information content (AvgIpc) is 3.07. The van der Waals surface area contributed by atoms with E-state index in [1.165, 1.54) is 0 Å². The Labute approximate surface area is 99.1 Å². The lowest BCUT2D eigenvalue weighted by molar-refractivity contribution is 0.473. The number of hydrogen-bond donors (Lipinski definition) is 2. The molecule has 4 heteroatoms. The van der Waals surface area contributed by atoms with Crippen LogP contribution >= 0.6 is 0 Å². The Kier molecular flexibility index (Phi) is 2.11. The van der Waals surface area contributed by atoms with Crippen LogP contribution in [0.2, 0.25) is 0 Å². The SMILES string of the molecule is Cc1oc(C2CC2)nc1-c1ccc(O)c(N)c1. The molecule has 0 spiro atoms. The van der Waals surface area contributed by atoms with Crippen LogP contribution in [0, 0.1) is 6.92 Å². The summed E-state index contributed by atoms with van der Waals surface area (Å²) in [5, 5.41) is 9.39. The number of nitrogens with zero attached hydrogens (tertiary/aromatic N) is 1. The molecule has 1 aliphatic carbocycles. The predicted molar refractivity (Wildman–Crippen MR) is 64.7 cm³/mol. The van der Waals surface area contributed by atoms with Gasteiger partial charge in [-0.05, 0) is 38.0 Å². The second-order valence-corrected chi connectivity index (χ2v) is 4.50. The maximum Gasteiger partial charge on any atom is 0.198 e. The summed E-state index contributed by atoms with van der Waals surface area (Å²) in [4.78, 5) is 4.51. The number of aromatic hydroxyl groups is 1. The first-order chi connectivity index (χ1) is 8.15. The normalized spacial score (nSPS) is 15.1. The zero-order valence-electron chi connectivity index (χ0n) is 9.60. The molecule has 0 amide bonds. The van der Waals surface area contributed by atoms with Crippen LogP contribution < -0.4 is 5.73 Å². The van der Waals surface area contributed by atoms with Crippen LogP contribution in [-0.4, -0.2) is 10.1 Å². The van der Waals surface area contributed by atoms with E-state index in [-0.39, 0.29) is 5.75 Å². The maximum atomic E-state index is 9.39. The first-order valence-electron chi connectivity index (χ1n) is 5.71. The second-order valence-electron chi connectivity index (χ2n) is 4.50. The number of aryl methyl sites for hydroxylation is 1. The summed E-state index contributed by atoms with van der Waals surface area (Å²) in [6.45, 7) is 1.90. The average molecular weight is 230 g/mol. The quantitative estimate of drug-likeness (QED) is 0.614. The fraction of sp³-hybridized carbons (Fsp3) is 0.308. The van der Waals surface area contributed by atoms with Crippen molar-refractivity contribution in [3.63, 3.8) is 0 Å². The van der Waals surface area contributed by atoms with Crippen LogP contribution in [0.5, 0.6) is 5.75 Å². The highest BCUT2D eigenvalue weighted by Crippen LogP contribution is 2.41. The summed E-state index contributed by atoms with van der Waals surface area (Å²) in [6.07, 6.45) is 2.33. The van der Waals surface area contributed by atoms with Gasteiger partial charge in [0, 0.05) is 11.5 Å². The molecule has 2 aromatic rings. The minimum atomic E-state index is 0.0947. The molecule has 0 atom stereocenters. The fourth-order valence-electron chi connectivity index (χ4n) is 1.89. The number of hydrogen-bond acceptors (Lipinski definition) is 4. The maximum absolute atomic E-state index is 9.39. The van der Waals surface area contributed by atoms with Gasteiger partial charge in [0.05, 0.1) is 5.69 Å². The molecule has 1 aromatic heterocycles. The third-order valence-corrected chi connectivity index (χ3v) is 3.04. The molecule has 0 saturated heterocycles. The second kappa shape index (κ2) is 3.52. The van der Waals surface area contributed by atoms with Gasteiger partial charge in [-0.2, -0.15) is 0 Å². The molecule has 1 aromatic carbocycles. The summed E-state index contributed by atoms with van der Waals surface area (Å²) in [7, 11) is 0. The number of phenolic OH excluding ortho intramolecular Hbond substituents is 1. The molecule has 3 rings (SSSR count). The van der Waals surface area contributed by atoms with Crippen LogP contribution in [0.3, 0.4) is 0 Å². The molecule has 0 bridgehead atoms. The van der Waals surface area contributed by atoms with Gasteiger partial charge in [-0.1, -0.05) is 0 Å². The molecule has 88 valence electrons. The van der Waals surface area contributed by atoms with E-state index in [4.69, 9.17) is 10.2 Å². The fourth-order valence-corrected chi connectivity index (χ4v) is 1.89. The lowest BCUT2D eigenvalue weighted by atomic mass is 10.1. The van der Waals surface area contributed by atoms with Gasteiger partial charge in [0.2, 0.25) is 0 Å². The monoisotopic (exact) mass is 230 g/mol. The molecule has 1 saturated carbocycles. The molecule has 0 aliphatic heterocycles. The molecule has 4 nitrogen and oxygen atoms in total. The minimum absolute atomic E-state index is 0.0947. The van der Waals surface area contributed by atoms with Crippen molar-refractivity contribution in [1.82, 2.24) is 4.98 Å². The third-order valence-electron chi connectivity index (χ3n) is 3.04. The number of benzene rings is 1. The van der Waals surface area contributed by atoms with E-state index in [0.717, 1.165) is 35.7 Å². The molecule has 1 aliphatic rings. The van der Waals surface area contributed by atoms with E-state index in [1.54, 1.807) is 18.2 Å². The molecule has 1 heterocycles. The van der Waals surface area contributed by atoms with Crippen molar-refractivity contribution in [1.29, 1.82) is 0 Å². The van der Waals surface area contributed by atoms with Gasteiger partial charge in [0.15, 0.2) is 5.89 Å². The molecule has 1 fully saturated rings. The smallest absolute Gasteiger partial charge is 0.198 e. The van der Waals surface area contributed by atoms with Crippen LogP contribution in [0.4, 0.5) is 5.69 Å². The van der Waals surface area contributed by atoms with Crippen molar-refractivity contribution in [3.8, 4) is 17.0 Å². The van der Waals surface area contributed by atoms with E-state index in [0.29, 0.717) is 11.6 Å². The third kappa shape index (κ3) is 1.75. The van der Waals surface area contributed by atoms with Gasteiger partial charge in [-0.3, -0.25) is 0 Å². The minimum Gasteiger partial charge on any atom is -0.506 e. The standard InChI is InChI=1S/C13H14N2O2/c1-7-12(15-13(17-7)8-2-3-8)9-4-5-11(16)10(14)6-9/h4-6,8,16H,2-3,14H2,1H3. The number of nitrogen functional groups attached to an aromatic ring is 1. The van der Waals surface area contributed by atoms with Gasteiger partial charge >= 0.3 is 0 Å². The van der Waals surface area contributed by atoms with Crippen molar-refractivity contribution in [2.24, 2.45) is 0 Å². The lowest BCUT2D eigenvalue weighted by Gasteiger charge is -2.01. The van der Waals surface area contributed by atoms with E-state index >= 15 is 0 Å².